The third-order valence-corrected chi connectivity index (χ3v) is 2.12. The maximum atomic E-state index is 13.0. The molecule has 2 N–H and O–H groups in total. The third kappa shape index (κ3) is 2.78. The summed E-state index contributed by atoms with van der Waals surface area (Å²) in [6.07, 6.45) is 6.02. The van der Waals surface area contributed by atoms with E-state index in [2.05, 4.69) is 5.10 Å². The molecule has 86 valence electrons. The van der Waals surface area contributed by atoms with E-state index in [4.69, 9.17) is 5.73 Å². The highest BCUT2D eigenvalue weighted by Crippen LogP contribution is 2.10. The summed E-state index contributed by atoms with van der Waals surface area (Å²) in [4.78, 5) is 10.6. The SMILES string of the molecule is NC(=O)C=Cc1cnn(-c2cccc(F)c2)c1. The molecule has 0 fully saturated rings. The molecule has 4 nitrogen and oxygen atoms in total. The zero-order valence-corrected chi connectivity index (χ0v) is 8.88. The highest BCUT2D eigenvalue weighted by Gasteiger charge is 2.00. The average molecular weight is 231 g/mol. The van der Waals surface area contributed by atoms with Crippen molar-refractivity contribution in [1.82, 2.24) is 9.78 Å². The lowest BCUT2D eigenvalue weighted by molar-refractivity contribution is -0.113. The number of benzene rings is 1. The molecule has 17 heavy (non-hydrogen) atoms. The van der Waals surface area contributed by atoms with Crippen molar-refractivity contribution in [3.05, 3.63) is 54.1 Å². The predicted molar refractivity (Wildman–Crippen MR) is 61.8 cm³/mol. The van der Waals surface area contributed by atoms with Crippen LogP contribution in [0.15, 0.2) is 42.7 Å². The van der Waals surface area contributed by atoms with Crippen molar-refractivity contribution in [1.29, 1.82) is 0 Å². The van der Waals surface area contributed by atoms with Gasteiger partial charge in [0.05, 0.1) is 11.9 Å². The Morgan fingerprint density at radius 3 is 3.00 bits per heavy atom. The zero-order valence-electron chi connectivity index (χ0n) is 8.88. The molecule has 1 aromatic carbocycles. The van der Waals surface area contributed by atoms with Crippen LogP contribution in [0.1, 0.15) is 5.56 Å². The van der Waals surface area contributed by atoms with Gasteiger partial charge in [-0.1, -0.05) is 6.07 Å². The van der Waals surface area contributed by atoms with Gasteiger partial charge in [-0.2, -0.15) is 5.10 Å². The molecular weight excluding hydrogens is 221 g/mol. The summed E-state index contributed by atoms with van der Waals surface area (Å²) in [7, 11) is 0. The minimum atomic E-state index is -0.525. The Morgan fingerprint density at radius 2 is 2.29 bits per heavy atom. The molecule has 0 aliphatic heterocycles. The van der Waals surface area contributed by atoms with E-state index >= 15 is 0 Å². The highest BCUT2D eigenvalue weighted by molar-refractivity contribution is 5.90. The van der Waals surface area contributed by atoms with Gasteiger partial charge >= 0.3 is 0 Å². The lowest BCUT2D eigenvalue weighted by Crippen LogP contribution is -2.04. The third-order valence-electron chi connectivity index (χ3n) is 2.12. The zero-order chi connectivity index (χ0) is 12.3. The Labute approximate surface area is 97.2 Å². The van der Waals surface area contributed by atoms with E-state index in [0.29, 0.717) is 11.3 Å². The van der Waals surface area contributed by atoms with Gasteiger partial charge < -0.3 is 5.73 Å². The standard InChI is InChI=1S/C12H10FN3O/c13-10-2-1-3-11(6-10)16-8-9(7-15-16)4-5-12(14)17/h1-8H,(H2,14,17). The predicted octanol–water partition coefficient (Wildman–Crippen LogP) is 1.51. The molecule has 0 radical (unpaired) electrons. The number of amides is 1. The normalized spacial score (nSPS) is 10.9. The highest BCUT2D eigenvalue weighted by atomic mass is 19.1. The molecule has 0 atom stereocenters. The molecule has 1 aromatic heterocycles. The molecule has 0 aliphatic carbocycles. The van der Waals surface area contributed by atoms with E-state index in [9.17, 15) is 9.18 Å². The van der Waals surface area contributed by atoms with Gasteiger partial charge in [0.2, 0.25) is 5.91 Å². The summed E-state index contributed by atoms with van der Waals surface area (Å²) < 4.78 is 14.5. The first kappa shape index (κ1) is 11.1. The van der Waals surface area contributed by atoms with Crippen molar-refractivity contribution in [2.45, 2.75) is 0 Å². The largest absolute Gasteiger partial charge is 0.366 e. The van der Waals surface area contributed by atoms with Crippen LogP contribution < -0.4 is 5.73 Å². The molecule has 0 unspecified atom stereocenters. The monoisotopic (exact) mass is 231 g/mol. The Morgan fingerprint density at radius 1 is 1.47 bits per heavy atom. The van der Waals surface area contributed by atoms with Crippen LogP contribution in [0.5, 0.6) is 0 Å². The van der Waals surface area contributed by atoms with Crippen LogP contribution in [0.2, 0.25) is 0 Å². The maximum Gasteiger partial charge on any atom is 0.241 e. The maximum absolute atomic E-state index is 13.0. The van der Waals surface area contributed by atoms with Gasteiger partial charge in [0.15, 0.2) is 0 Å². The van der Waals surface area contributed by atoms with Crippen molar-refractivity contribution in [3.8, 4) is 5.69 Å². The molecule has 2 rings (SSSR count). The molecular formula is C12H10FN3O. The summed E-state index contributed by atoms with van der Waals surface area (Å²) in [5, 5.41) is 4.05. The van der Waals surface area contributed by atoms with E-state index in [1.807, 2.05) is 0 Å². The first-order chi connectivity index (χ1) is 8.15. The molecule has 1 heterocycles. The number of primary amides is 1. The van der Waals surface area contributed by atoms with Gasteiger partial charge in [-0.25, -0.2) is 9.07 Å². The summed E-state index contributed by atoms with van der Waals surface area (Å²) in [6, 6.07) is 6.07. The van der Waals surface area contributed by atoms with Gasteiger partial charge in [-0.3, -0.25) is 4.79 Å². The second-order valence-corrected chi connectivity index (χ2v) is 3.43. The molecule has 0 saturated carbocycles. The summed E-state index contributed by atoms with van der Waals surface area (Å²) in [6.45, 7) is 0. The minimum absolute atomic E-state index is 0.327. The van der Waals surface area contributed by atoms with E-state index in [0.717, 1.165) is 0 Å². The van der Waals surface area contributed by atoms with Gasteiger partial charge in [-0.15, -0.1) is 0 Å². The van der Waals surface area contributed by atoms with E-state index in [1.165, 1.54) is 22.9 Å². The number of carbonyl (C=O) groups is 1. The number of nitrogens with two attached hydrogens (primary N) is 1. The van der Waals surface area contributed by atoms with Crippen molar-refractivity contribution in [3.63, 3.8) is 0 Å². The summed E-state index contributed by atoms with van der Waals surface area (Å²) >= 11 is 0. The molecule has 0 saturated heterocycles. The second-order valence-electron chi connectivity index (χ2n) is 3.43. The van der Waals surface area contributed by atoms with E-state index < -0.39 is 5.91 Å². The van der Waals surface area contributed by atoms with Crippen molar-refractivity contribution < 1.29 is 9.18 Å². The first-order valence-electron chi connectivity index (χ1n) is 4.93. The fourth-order valence-electron chi connectivity index (χ4n) is 1.36. The molecule has 5 heteroatoms. The van der Waals surface area contributed by atoms with Gasteiger partial charge in [-0.05, 0) is 24.3 Å². The van der Waals surface area contributed by atoms with Gasteiger partial charge in [0, 0.05) is 17.8 Å². The number of hydrogen-bond acceptors (Lipinski definition) is 2. The van der Waals surface area contributed by atoms with Crippen LogP contribution in [0, 0.1) is 5.82 Å². The van der Waals surface area contributed by atoms with Crippen LogP contribution >= 0.6 is 0 Å². The van der Waals surface area contributed by atoms with Crippen LogP contribution in [0.4, 0.5) is 4.39 Å². The quantitative estimate of drug-likeness (QED) is 0.814. The molecule has 0 bridgehead atoms. The van der Waals surface area contributed by atoms with Gasteiger partial charge in [0.1, 0.15) is 5.82 Å². The van der Waals surface area contributed by atoms with E-state index in [1.54, 1.807) is 30.6 Å². The second kappa shape index (κ2) is 4.61. The molecule has 0 spiro atoms. The van der Waals surface area contributed by atoms with Crippen LogP contribution in [-0.2, 0) is 4.79 Å². The Hall–Kier alpha value is -2.43. The van der Waals surface area contributed by atoms with Crippen molar-refractivity contribution in [2.75, 3.05) is 0 Å². The topological polar surface area (TPSA) is 60.9 Å². The Balaban J connectivity index is 2.27. The smallest absolute Gasteiger partial charge is 0.241 e. The lowest BCUT2D eigenvalue weighted by Gasteiger charge is -1.99. The van der Waals surface area contributed by atoms with Crippen molar-refractivity contribution >= 4 is 12.0 Å². The number of carbonyl (C=O) groups excluding carboxylic acids is 1. The number of nitrogens with zero attached hydrogens (tertiary/aromatic N) is 2. The molecule has 0 aliphatic rings. The number of aromatic nitrogens is 2. The molecule has 2 aromatic rings. The van der Waals surface area contributed by atoms with Crippen LogP contribution in [0.3, 0.4) is 0 Å². The first-order valence-corrected chi connectivity index (χ1v) is 4.93. The lowest BCUT2D eigenvalue weighted by atomic mass is 10.3. The number of rotatable bonds is 3. The van der Waals surface area contributed by atoms with Crippen LogP contribution in [0.25, 0.3) is 11.8 Å². The van der Waals surface area contributed by atoms with E-state index in [-0.39, 0.29) is 5.82 Å². The Bertz CT molecular complexity index is 575. The number of halogens is 1. The van der Waals surface area contributed by atoms with Crippen LogP contribution in [-0.4, -0.2) is 15.7 Å². The van der Waals surface area contributed by atoms with Crippen molar-refractivity contribution in [2.24, 2.45) is 5.73 Å². The summed E-state index contributed by atoms with van der Waals surface area (Å²) in [5.74, 6) is -0.851. The Kier molecular flexibility index (Phi) is 3.00. The molecule has 1 amide bonds. The number of hydrogen-bond donors (Lipinski definition) is 1. The average Bonchev–Trinajstić information content (AvgIpc) is 2.75. The van der Waals surface area contributed by atoms with Gasteiger partial charge in [0.25, 0.3) is 0 Å². The fraction of sp³-hybridized carbons (Fsp3) is 0. The summed E-state index contributed by atoms with van der Waals surface area (Å²) in [5.41, 5.74) is 6.31. The fourth-order valence-corrected chi connectivity index (χ4v) is 1.36. The minimum Gasteiger partial charge on any atom is -0.366 e.